The first-order valence-corrected chi connectivity index (χ1v) is 12.1. The van der Waals surface area contributed by atoms with Gasteiger partial charge in [-0.3, -0.25) is 0 Å². The highest BCUT2D eigenvalue weighted by Crippen LogP contribution is 2.73. The van der Waals surface area contributed by atoms with E-state index < -0.39 is 10.0 Å². The van der Waals surface area contributed by atoms with Gasteiger partial charge in [0.15, 0.2) is 0 Å². The molecule has 0 spiro atoms. The van der Waals surface area contributed by atoms with Crippen LogP contribution in [0.3, 0.4) is 0 Å². The van der Waals surface area contributed by atoms with Crippen molar-refractivity contribution in [3.05, 3.63) is 109 Å². The van der Waals surface area contributed by atoms with E-state index in [4.69, 9.17) is 0 Å². The van der Waals surface area contributed by atoms with Gasteiger partial charge in [0.05, 0.1) is 0 Å². The molecule has 0 aromatic heterocycles. The molecule has 0 saturated heterocycles. The lowest BCUT2D eigenvalue weighted by molar-refractivity contribution is 1.12. The normalized spacial score (nSPS) is 11.7. The highest BCUT2D eigenvalue weighted by atomic mass is 32.3. The molecule has 2 nitrogen and oxygen atoms in total. The SMILES string of the molecule is CN(C)c1ccc(S(c2ccccc2)(c2ccccc2)c2ccc(N(C)C)cc2)cc1. The molecule has 31 heavy (non-hydrogen) atoms. The van der Waals surface area contributed by atoms with Crippen LogP contribution in [0.5, 0.6) is 0 Å². The summed E-state index contributed by atoms with van der Waals surface area (Å²) in [4.78, 5) is 9.67. The molecule has 3 heteroatoms. The van der Waals surface area contributed by atoms with Crippen LogP contribution in [-0.2, 0) is 0 Å². The predicted octanol–water partition coefficient (Wildman–Crippen LogP) is 7.16. The van der Waals surface area contributed by atoms with E-state index in [1.54, 1.807) is 0 Å². The van der Waals surface area contributed by atoms with Crippen molar-refractivity contribution in [1.29, 1.82) is 0 Å². The van der Waals surface area contributed by atoms with Crippen molar-refractivity contribution in [1.82, 2.24) is 0 Å². The Morgan fingerprint density at radius 2 is 0.677 bits per heavy atom. The molecule has 0 N–H and O–H groups in total. The summed E-state index contributed by atoms with van der Waals surface area (Å²) in [6.07, 6.45) is 0. The van der Waals surface area contributed by atoms with Crippen LogP contribution in [0.4, 0.5) is 11.4 Å². The summed E-state index contributed by atoms with van der Waals surface area (Å²) < 4.78 is 0. The van der Waals surface area contributed by atoms with Crippen molar-refractivity contribution >= 4 is 21.4 Å². The molecule has 0 aliphatic rings. The summed E-state index contributed by atoms with van der Waals surface area (Å²) in [5, 5.41) is 0. The molecular weight excluding hydrogens is 396 g/mol. The van der Waals surface area contributed by atoms with E-state index in [1.165, 1.54) is 31.0 Å². The van der Waals surface area contributed by atoms with E-state index in [0.717, 1.165) is 0 Å². The van der Waals surface area contributed by atoms with Crippen molar-refractivity contribution in [2.24, 2.45) is 0 Å². The highest BCUT2D eigenvalue weighted by Gasteiger charge is 2.33. The summed E-state index contributed by atoms with van der Waals surface area (Å²) >= 11 is 0. The number of benzene rings is 4. The minimum atomic E-state index is -1.63. The largest absolute Gasteiger partial charge is 0.378 e. The molecule has 0 unspecified atom stereocenters. The third-order valence-corrected chi connectivity index (χ3v) is 9.52. The fourth-order valence-corrected chi connectivity index (χ4v) is 7.81. The van der Waals surface area contributed by atoms with Crippen LogP contribution in [0.2, 0.25) is 0 Å². The van der Waals surface area contributed by atoms with E-state index >= 15 is 0 Å². The Morgan fingerprint density at radius 1 is 0.387 bits per heavy atom. The van der Waals surface area contributed by atoms with Crippen molar-refractivity contribution in [2.75, 3.05) is 38.0 Å². The molecule has 0 bridgehead atoms. The van der Waals surface area contributed by atoms with Gasteiger partial charge in [0.25, 0.3) is 0 Å². The van der Waals surface area contributed by atoms with Gasteiger partial charge in [0.2, 0.25) is 0 Å². The van der Waals surface area contributed by atoms with Crippen LogP contribution in [0.25, 0.3) is 0 Å². The molecule has 4 aromatic carbocycles. The van der Waals surface area contributed by atoms with Crippen LogP contribution in [0.15, 0.2) is 129 Å². The first kappa shape index (κ1) is 21.1. The summed E-state index contributed by atoms with van der Waals surface area (Å²) in [6.45, 7) is 0. The molecule has 0 heterocycles. The number of nitrogens with zero attached hydrogens (tertiary/aromatic N) is 2. The monoisotopic (exact) mass is 426 g/mol. The lowest BCUT2D eigenvalue weighted by Gasteiger charge is -2.42. The van der Waals surface area contributed by atoms with Gasteiger partial charge in [-0.15, -0.1) is 10.0 Å². The Kier molecular flexibility index (Phi) is 6.06. The quantitative estimate of drug-likeness (QED) is 0.323. The fraction of sp³-hybridized carbons (Fsp3) is 0.143. The maximum atomic E-state index is 2.31. The molecule has 0 amide bonds. The first-order valence-electron chi connectivity index (χ1n) is 10.5. The average molecular weight is 427 g/mol. The average Bonchev–Trinajstić information content (AvgIpc) is 2.82. The summed E-state index contributed by atoms with van der Waals surface area (Å²) in [5.41, 5.74) is 2.42. The Morgan fingerprint density at radius 3 is 0.968 bits per heavy atom. The molecule has 158 valence electrons. The van der Waals surface area contributed by atoms with E-state index in [-0.39, 0.29) is 0 Å². The zero-order valence-corrected chi connectivity index (χ0v) is 19.5. The Hall–Kier alpha value is -3.17. The number of rotatable bonds is 6. The van der Waals surface area contributed by atoms with Gasteiger partial charge in [0, 0.05) is 59.1 Å². The zero-order chi connectivity index (χ0) is 21.8. The summed E-state index contributed by atoms with van der Waals surface area (Å²) in [5.74, 6) is 0. The second kappa shape index (κ2) is 8.91. The van der Waals surface area contributed by atoms with Gasteiger partial charge in [0.1, 0.15) is 0 Å². The van der Waals surface area contributed by atoms with E-state index in [0.29, 0.717) is 0 Å². The molecule has 0 saturated carbocycles. The number of hydrogen-bond donors (Lipinski definition) is 0. The van der Waals surface area contributed by atoms with Crippen LogP contribution in [-0.4, -0.2) is 28.2 Å². The molecule has 0 atom stereocenters. The maximum absolute atomic E-state index is 2.31. The van der Waals surface area contributed by atoms with Crippen molar-refractivity contribution in [2.45, 2.75) is 19.6 Å². The van der Waals surface area contributed by atoms with E-state index in [9.17, 15) is 0 Å². The molecule has 0 fully saturated rings. The predicted molar refractivity (Wildman–Crippen MR) is 135 cm³/mol. The van der Waals surface area contributed by atoms with E-state index in [2.05, 4.69) is 147 Å². The topological polar surface area (TPSA) is 6.48 Å². The van der Waals surface area contributed by atoms with Crippen molar-refractivity contribution < 1.29 is 0 Å². The Balaban J connectivity index is 2.04. The molecule has 4 aromatic rings. The standard InChI is InChI=1S/C28H30N2S/c1-29(2)23-15-19-27(20-16-23)31(25-11-7-5-8-12-25,26-13-9-6-10-14-26)28-21-17-24(18-22-28)30(3)4/h5-22H,1-4H3. The van der Waals surface area contributed by atoms with Crippen LogP contribution in [0.1, 0.15) is 0 Å². The van der Waals surface area contributed by atoms with Gasteiger partial charge >= 0.3 is 0 Å². The first-order chi connectivity index (χ1) is 15.0. The molecule has 4 rings (SSSR count). The smallest absolute Gasteiger partial charge is 0.0361 e. The zero-order valence-electron chi connectivity index (χ0n) is 18.7. The van der Waals surface area contributed by atoms with Gasteiger partial charge in [-0.25, -0.2) is 0 Å². The van der Waals surface area contributed by atoms with E-state index in [1.807, 2.05) is 0 Å². The number of anilines is 2. The fourth-order valence-electron chi connectivity index (χ4n) is 3.96. The minimum Gasteiger partial charge on any atom is -0.378 e. The third-order valence-electron chi connectivity index (χ3n) is 5.61. The van der Waals surface area contributed by atoms with Gasteiger partial charge in [-0.05, 0) is 72.8 Å². The third kappa shape index (κ3) is 3.94. The summed E-state index contributed by atoms with van der Waals surface area (Å²) in [7, 11) is 6.71. The lowest BCUT2D eigenvalue weighted by atomic mass is 10.3. The highest BCUT2D eigenvalue weighted by molar-refractivity contribution is 8.34. The van der Waals surface area contributed by atoms with Gasteiger partial charge in [-0.2, -0.15) is 0 Å². The summed E-state index contributed by atoms with van der Waals surface area (Å²) in [6, 6.07) is 40.1. The lowest BCUT2D eigenvalue weighted by Crippen LogP contribution is -2.10. The molecule has 0 radical (unpaired) electrons. The Labute approximate surface area is 188 Å². The second-order valence-corrected chi connectivity index (χ2v) is 11.1. The molecule has 0 aliphatic heterocycles. The number of hydrogen-bond acceptors (Lipinski definition) is 2. The van der Waals surface area contributed by atoms with Gasteiger partial charge in [-0.1, -0.05) is 36.4 Å². The van der Waals surface area contributed by atoms with Gasteiger partial charge < -0.3 is 9.80 Å². The van der Waals surface area contributed by atoms with Crippen LogP contribution >= 0.6 is 10.0 Å². The second-order valence-electron chi connectivity index (χ2n) is 8.02. The van der Waals surface area contributed by atoms with Crippen LogP contribution in [0, 0.1) is 0 Å². The van der Waals surface area contributed by atoms with Crippen molar-refractivity contribution in [3.63, 3.8) is 0 Å². The minimum absolute atomic E-state index is 1.21. The van der Waals surface area contributed by atoms with Crippen molar-refractivity contribution in [3.8, 4) is 0 Å². The maximum Gasteiger partial charge on any atom is 0.0361 e. The van der Waals surface area contributed by atoms with Crippen LogP contribution < -0.4 is 9.80 Å². The Bertz CT molecular complexity index is 1010. The molecule has 0 aliphatic carbocycles. The molecular formula is C28H30N2S.